The molecular formula is C22H21F4N5O. The van der Waals surface area contributed by atoms with Gasteiger partial charge in [0.05, 0.1) is 22.7 Å². The molecule has 1 amide bonds. The van der Waals surface area contributed by atoms with Gasteiger partial charge in [-0.25, -0.2) is 14.4 Å². The Hall–Kier alpha value is -3.27. The molecule has 1 fully saturated rings. The topological polar surface area (TPSA) is 84.1 Å². The van der Waals surface area contributed by atoms with Crippen LogP contribution in [0.2, 0.25) is 0 Å². The lowest BCUT2D eigenvalue weighted by atomic mass is 9.98. The van der Waals surface area contributed by atoms with Gasteiger partial charge < -0.3 is 11.1 Å². The third kappa shape index (κ3) is 4.22. The standard InChI is InChI=1S/C22H21F4N5O/c1-12-7-8-31(12)10-18(13-5-6-17(23)16(9-13)22(24,25)26)30-21-15-4-2-3-14(20(27)32)19(15)28-11-29-21/h2-6,9,11-12,18H,7-8,10H2,1H3,(H2,27,32)(H,28,29,30)/t12-,18?/m0/s1. The Kier molecular flexibility index (Phi) is 5.72. The summed E-state index contributed by atoms with van der Waals surface area (Å²) in [7, 11) is 0. The molecule has 1 unspecified atom stereocenters. The van der Waals surface area contributed by atoms with Crippen LogP contribution >= 0.6 is 0 Å². The number of amides is 1. The van der Waals surface area contributed by atoms with Crippen molar-refractivity contribution in [1.29, 1.82) is 0 Å². The van der Waals surface area contributed by atoms with Crippen LogP contribution in [0.5, 0.6) is 0 Å². The smallest absolute Gasteiger partial charge is 0.366 e. The summed E-state index contributed by atoms with van der Waals surface area (Å²) in [6, 6.07) is 7.52. The van der Waals surface area contributed by atoms with Crippen LogP contribution in [-0.4, -0.2) is 39.9 Å². The van der Waals surface area contributed by atoms with E-state index in [-0.39, 0.29) is 17.2 Å². The summed E-state index contributed by atoms with van der Waals surface area (Å²) in [5, 5.41) is 3.69. The highest BCUT2D eigenvalue weighted by Crippen LogP contribution is 2.35. The molecule has 0 saturated carbocycles. The minimum absolute atomic E-state index is 0.210. The van der Waals surface area contributed by atoms with E-state index in [1.807, 2.05) is 6.92 Å². The van der Waals surface area contributed by atoms with E-state index in [0.717, 1.165) is 25.1 Å². The van der Waals surface area contributed by atoms with E-state index in [1.54, 1.807) is 12.1 Å². The average Bonchev–Trinajstić information content (AvgIpc) is 2.74. The van der Waals surface area contributed by atoms with Gasteiger partial charge in [-0.1, -0.05) is 12.1 Å². The molecule has 1 aliphatic heterocycles. The molecule has 168 valence electrons. The molecule has 1 aliphatic rings. The summed E-state index contributed by atoms with van der Waals surface area (Å²) >= 11 is 0. The minimum Gasteiger partial charge on any atom is -0.366 e. The van der Waals surface area contributed by atoms with E-state index in [0.29, 0.717) is 23.3 Å². The molecule has 2 aromatic carbocycles. The summed E-state index contributed by atoms with van der Waals surface area (Å²) < 4.78 is 53.8. The van der Waals surface area contributed by atoms with Crippen molar-refractivity contribution in [2.45, 2.75) is 31.6 Å². The van der Waals surface area contributed by atoms with E-state index in [9.17, 15) is 22.4 Å². The van der Waals surface area contributed by atoms with Crippen LogP contribution in [0.15, 0.2) is 42.7 Å². The Morgan fingerprint density at radius 3 is 2.69 bits per heavy atom. The first kappa shape index (κ1) is 21.9. The van der Waals surface area contributed by atoms with Crippen molar-refractivity contribution in [2.75, 3.05) is 18.4 Å². The normalized spacial score (nSPS) is 17.7. The molecule has 0 bridgehead atoms. The van der Waals surface area contributed by atoms with Gasteiger partial charge in [-0.15, -0.1) is 0 Å². The van der Waals surface area contributed by atoms with Gasteiger partial charge in [-0.05, 0) is 49.7 Å². The average molecular weight is 447 g/mol. The molecule has 32 heavy (non-hydrogen) atoms. The fraction of sp³-hybridized carbons (Fsp3) is 0.318. The molecule has 10 heteroatoms. The highest BCUT2D eigenvalue weighted by Gasteiger charge is 2.35. The van der Waals surface area contributed by atoms with Crippen molar-refractivity contribution in [3.8, 4) is 0 Å². The second-order valence-corrected chi connectivity index (χ2v) is 7.85. The lowest BCUT2D eigenvalue weighted by Gasteiger charge is -2.41. The van der Waals surface area contributed by atoms with Crippen molar-refractivity contribution in [3.63, 3.8) is 0 Å². The zero-order valence-electron chi connectivity index (χ0n) is 17.2. The highest BCUT2D eigenvalue weighted by molar-refractivity contribution is 6.06. The SMILES string of the molecule is C[C@H]1CCN1CC(Nc1ncnc2c(C(N)=O)cccc12)c1ccc(F)c(C(F)(F)F)c1. The Bertz CT molecular complexity index is 1170. The van der Waals surface area contributed by atoms with Crippen LogP contribution in [0.3, 0.4) is 0 Å². The third-order valence-corrected chi connectivity index (χ3v) is 5.81. The fourth-order valence-electron chi connectivity index (χ4n) is 3.85. The number of fused-ring (bicyclic) bond motifs is 1. The van der Waals surface area contributed by atoms with Gasteiger partial charge >= 0.3 is 6.18 Å². The molecule has 6 nitrogen and oxygen atoms in total. The molecular weight excluding hydrogens is 426 g/mol. The summed E-state index contributed by atoms with van der Waals surface area (Å²) in [6.45, 7) is 3.24. The Labute approximate surface area is 181 Å². The number of aromatic nitrogens is 2. The quantitative estimate of drug-likeness (QED) is 0.555. The summed E-state index contributed by atoms with van der Waals surface area (Å²) in [5.74, 6) is -1.63. The maximum Gasteiger partial charge on any atom is 0.419 e. The number of hydrogen-bond acceptors (Lipinski definition) is 5. The van der Waals surface area contributed by atoms with Crippen molar-refractivity contribution in [2.24, 2.45) is 5.73 Å². The summed E-state index contributed by atoms with van der Waals surface area (Å²) in [5.41, 5.74) is 4.94. The van der Waals surface area contributed by atoms with Gasteiger partial charge in [0.2, 0.25) is 0 Å². The molecule has 2 heterocycles. The van der Waals surface area contributed by atoms with Crippen molar-refractivity contribution < 1.29 is 22.4 Å². The van der Waals surface area contributed by atoms with Gasteiger partial charge in [0.25, 0.3) is 5.91 Å². The van der Waals surface area contributed by atoms with Crippen LogP contribution in [0, 0.1) is 5.82 Å². The number of halogens is 4. The van der Waals surface area contributed by atoms with E-state index in [4.69, 9.17) is 5.73 Å². The number of likely N-dealkylation sites (tertiary alicyclic amines) is 1. The van der Waals surface area contributed by atoms with Gasteiger partial charge in [0.1, 0.15) is 18.0 Å². The van der Waals surface area contributed by atoms with Gasteiger partial charge in [0.15, 0.2) is 0 Å². The van der Waals surface area contributed by atoms with Gasteiger partial charge in [-0.2, -0.15) is 13.2 Å². The first-order valence-electron chi connectivity index (χ1n) is 10.1. The Morgan fingerprint density at radius 2 is 2.06 bits per heavy atom. The van der Waals surface area contributed by atoms with Gasteiger partial charge in [0, 0.05) is 18.0 Å². The number of para-hydroxylation sites is 1. The molecule has 0 spiro atoms. The van der Waals surface area contributed by atoms with Crippen molar-refractivity contribution >= 4 is 22.6 Å². The first-order chi connectivity index (χ1) is 15.1. The lowest BCUT2D eigenvalue weighted by molar-refractivity contribution is -0.140. The number of benzene rings is 2. The predicted octanol–water partition coefficient (Wildman–Crippen LogP) is 4.13. The number of nitrogens with one attached hydrogen (secondary N) is 1. The minimum atomic E-state index is -4.81. The number of carbonyl (C=O) groups is 1. The largest absolute Gasteiger partial charge is 0.419 e. The number of primary amides is 1. The summed E-state index contributed by atoms with van der Waals surface area (Å²) in [4.78, 5) is 22.3. The Balaban J connectivity index is 1.76. The number of nitrogens with zero attached hydrogens (tertiary/aromatic N) is 3. The molecule has 0 aliphatic carbocycles. The molecule has 3 aromatic rings. The zero-order valence-corrected chi connectivity index (χ0v) is 17.2. The number of hydrogen-bond donors (Lipinski definition) is 2. The van der Waals surface area contributed by atoms with Crippen LogP contribution < -0.4 is 11.1 Å². The monoisotopic (exact) mass is 447 g/mol. The fourth-order valence-corrected chi connectivity index (χ4v) is 3.85. The number of carbonyl (C=O) groups excluding carboxylic acids is 1. The maximum atomic E-state index is 13.9. The summed E-state index contributed by atoms with van der Waals surface area (Å²) in [6.07, 6.45) is -2.57. The van der Waals surface area contributed by atoms with Gasteiger partial charge in [-0.3, -0.25) is 9.69 Å². The number of anilines is 1. The number of rotatable bonds is 6. The highest BCUT2D eigenvalue weighted by atomic mass is 19.4. The van der Waals surface area contributed by atoms with E-state index in [2.05, 4.69) is 20.2 Å². The van der Waals surface area contributed by atoms with Crippen molar-refractivity contribution in [3.05, 3.63) is 65.2 Å². The van der Waals surface area contributed by atoms with Crippen molar-refractivity contribution in [1.82, 2.24) is 14.9 Å². The predicted molar refractivity (Wildman–Crippen MR) is 111 cm³/mol. The van der Waals surface area contributed by atoms with Crippen LogP contribution in [-0.2, 0) is 6.18 Å². The second kappa shape index (κ2) is 8.34. The maximum absolute atomic E-state index is 13.9. The van der Waals surface area contributed by atoms with E-state index in [1.165, 1.54) is 18.5 Å². The zero-order chi connectivity index (χ0) is 23.0. The molecule has 0 radical (unpaired) electrons. The second-order valence-electron chi connectivity index (χ2n) is 7.85. The molecule has 2 atom stereocenters. The van der Waals surface area contributed by atoms with E-state index >= 15 is 0 Å². The molecule has 4 rings (SSSR count). The lowest BCUT2D eigenvalue weighted by Crippen LogP contribution is -2.48. The number of nitrogens with two attached hydrogens (primary N) is 1. The Morgan fingerprint density at radius 1 is 1.28 bits per heavy atom. The molecule has 3 N–H and O–H groups in total. The van der Waals surface area contributed by atoms with Crippen LogP contribution in [0.1, 0.15) is 40.9 Å². The molecule has 1 aromatic heterocycles. The number of alkyl halides is 3. The van der Waals surface area contributed by atoms with Crippen LogP contribution in [0.4, 0.5) is 23.4 Å². The first-order valence-corrected chi connectivity index (χ1v) is 10.1. The van der Waals surface area contributed by atoms with Crippen LogP contribution in [0.25, 0.3) is 10.9 Å². The van der Waals surface area contributed by atoms with E-state index < -0.39 is 29.5 Å². The third-order valence-electron chi connectivity index (χ3n) is 5.81. The molecule has 1 saturated heterocycles.